The maximum absolute atomic E-state index is 13.1. The first-order valence-electron chi connectivity index (χ1n) is 8.72. The summed E-state index contributed by atoms with van der Waals surface area (Å²) in [4.78, 5) is 15.8. The third kappa shape index (κ3) is 3.82. The lowest BCUT2D eigenvalue weighted by Gasteiger charge is -2.09. The zero-order chi connectivity index (χ0) is 20.6. The van der Waals surface area contributed by atoms with Crippen LogP contribution in [-0.4, -0.2) is 20.4 Å². The molecule has 0 atom stereocenters. The number of rotatable bonds is 4. The van der Waals surface area contributed by atoms with Gasteiger partial charge in [-0.2, -0.15) is 18.2 Å². The lowest BCUT2D eigenvalue weighted by molar-refractivity contribution is -0.137. The van der Waals surface area contributed by atoms with Crippen molar-refractivity contribution in [2.45, 2.75) is 13.1 Å². The van der Waals surface area contributed by atoms with E-state index in [9.17, 15) is 18.0 Å². The standard InChI is InChI=1S/C21H15F3N4O/c1-13(29)14-7-9-17(10-8-14)25-20-26-19-18(6-3-11-28(19)27-20)15-4-2-5-16(12-15)21(22,23)24/h2-12H,1H3,(H,25,27). The minimum atomic E-state index is -4.42. The molecule has 0 unspecified atom stereocenters. The number of fused-ring (bicyclic) bond motifs is 1. The van der Waals surface area contributed by atoms with Crippen LogP contribution >= 0.6 is 0 Å². The fraction of sp³-hybridized carbons (Fsp3) is 0.0952. The second kappa shape index (κ2) is 7.05. The Labute approximate surface area is 163 Å². The van der Waals surface area contributed by atoms with Crippen molar-refractivity contribution in [2.75, 3.05) is 5.32 Å². The summed E-state index contributed by atoms with van der Waals surface area (Å²) in [6.45, 7) is 1.49. The Kier molecular flexibility index (Phi) is 4.54. The van der Waals surface area contributed by atoms with E-state index in [1.807, 2.05) is 0 Å². The molecular weight excluding hydrogens is 381 g/mol. The second-order valence-corrected chi connectivity index (χ2v) is 6.46. The quantitative estimate of drug-likeness (QED) is 0.472. The average molecular weight is 396 g/mol. The maximum Gasteiger partial charge on any atom is 0.416 e. The predicted molar refractivity (Wildman–Crippen MR) is 103 cm³/mol. The number of nitrogens with one attached hydrogen (secondary N) is 1. The van der Waals surface area contributed by atoms with Gasteiger partial charge in [0, 0.05) is 23.0 Å². The molecule has 146 valence electrons. The minimum Gasteiger partial charge on any atom is -0.323 e. The van der Waals surface area contributed by atoms with Crippen LogP contribution in [0.5, 0.6) is 0 Å². The number of pyridine rings is 1. The highest BCUT2D eigenvalue weighted by Crippen LogP contribution is 2.33. The summed E-state index contributed by atoms with van der Waals surface area (Å²) >= 11 is 0. The van der Waals surface area contributed by atoms with Crippen LogP contribution in [0.3, 0.4) is 0 Å². The van der Waals surface area contributed by atoms with Gasteiger partial charge in [-0.3, -0.25) is 4.79 Å². The summed E-state index contributed by atoms with van der Waals surface area (Å²) in [5, 5.41) is 7.37. The first-order chi connectivity index (χ1) is 13.8. The average Bonchev–Trinajstić information content (AvgIpc) is 3.10. The van der Waals surface area contributed by atoms with Crippen molar-refractivity contribution in [3.05, 3.63) is 78.0 Å². The topological polar surface area (TPSA) is 59.3 Å². The highest BCUT2D eigenvalue weighted by Gasteiger charge is 2.30. The maximum atomic E-state index is 13.1. The molecule has 8 heteroatoms. The monoisotopic (exact) mass is 396 g/mol. The van der Waals surface area contributed by atoms with E-state index >= 15 is 0 Å². The van der Waals surface area contributed by atoms with Crippen molar-refractivity contribution in [2.24, 2.45) is 0 Å². The number of anilines is 2. The van der Waals surface area contributed by atoms with Gasteiger partial charge in [-0.1, -0.05) is 12.1 Å². The van der Waals surface area contributed by atoms with E-state index in [-0.39, 0.29) is 5.78 Å². The van der Waals surface area contributed by atoms with Crippen LogP contribution in [0.15, 0.2) is 66.9 Å². The molecule has 0 spiro atoms. The normalized spacial score (nSPS) is 11.6. The van der Waals surface area contributed by atoms with Crippen LogP contribution in [0.4, 0.5) is 24.8 Å². The Morgan fingerprint density at radius 3 is 2.48 bits per heavy atom. The fourth-order valence-electron chi connectivity index (χ4n) is 2.96. The molecule has 0 aliphatic heterocycles. The Hall–Kier alpha value is -3.68. The molecule has 5 nitrogen and oxygen atoms in total. The zero-order valence-corrected chi connectivity index (χ0v) is 15.2. The fourth-order valence-corrected chi connectivity index (χ4v) is 2.96. The van der Waals surface area contributed by atoms with E-state index in [2.05, 4.69) is 15.4 Å². The molecular formula is C21H15F3N4O. The summed E-state index contributed by atoms with van der Waals surface area (Å²) in [6, 6.07) is 15.3. The number of ketones is 1. The van der Waals surface area contributed by atoms with Crippen molar-refractivity contribution in [3.8, 4) is 11.1 Å². The molecule has 2 aromatic heterocycles. The molecule has 0 aliphatic carbocycles. The zero-order valence-electron chi connectivity index (χ0n) is 15.2. The molecule has 2 heterocycles. The van der Waals surface area contributed by atoms with E-state index in [4.69, 9.17) is 0 Å². The Bertz CT molecular complexity index is 1200. The van der Waals surface area contributed by atoms with Crippen LogP contribution in [-0.2, 0) is 6.18 Å². The van der Waals surface area contributed by atoms with Crippen LogP contribution in [0.1, 0.15) is 22.8 Å². The van der Waals surface area contributed by atoms with Gasteiger partial charge in [0.2, 0.25) is 5.95 Å². The Balaban J connectivity index is 1.70. The molecule has 0 radical (unpaired) electrons. The van der Waals surface area contributed by atoms with Crippen LogP contribution in [0.25, 0.3) is 16.8 Å². The minimum absolute atomic E-state index is 0.0341. The van der Waals surface area contributed by atoms with Gasteiger partial charge >= 0.3 is 6.18 Å². The number of hydrogen-bond donors (Lipinski definition) is 1. The Morgan fingerprint density at radius 2 is 1.79 bits per heavy atom. The number of Topliss-reactive ketones (excluding diaryl/α,β-unsaturated/α-hetero) is 1. The molecule has 2 aromatic carbocycles. The number of benzene rings is 2. The van der Waals surface area contributed by atoms with Gasteiger partial charge in [-0.25, -0.2) is 4.52 Å². The van der Waals surface area contributed by atoms with Gasteiger partial charge in [0.1, 0.15) is 0 Å². The molecule has 0 bridgehead atoms. The van der Waals surface area contributed by atoms with Crippen molar-refractivity contribution in [3.63, 3.8) is 0 Å². The van der Waals surface area contributed by atoms with Gasteiger partial charge in [-0.05, 0) is 61.0 Å². The van der Waals surface area contributed by atoms with Gasteiger partial charge in [0.05, 0.1) is 5.56 Å². The van der Waals surface area contributed by atoms with Gasteiger partial charge in [0.15, 0.2) is 11.4 Å². The number of aromatic nitrogens is 3. The summed E-state index contributed by atoms with van der Waals surface area (Å²) in [5.74, 6) is 0.258. The van der Waals surface area contributed by atoms with Crippen LogP contribution < -0.4 is 5.32 Å². The summed E-state index contributed by atoms with van der Waals surface area (Å²) in [7, 11) is 0. The largest absolute Gasteiger partial charge is 0.416 e. The highest BCUT2D eigenvalue weighted by atomic mass is 19.4. The number of alkyl halides is 3. The molecule has 29 heavy (non-hydrogen) atoms. The van der Waals surface area contributed by atoms with E-state index in [1.165, 1.54) is 17.5 Å². The lowest BCUT2D eigenvalue weighted by atomic mass is 10.0. The molecule has 0 amide bonds. The summed E-state index contributed by atoms with van der Waals surface area (Å²) < 4.78 is 40.7. The SMILES string of the molecule is CC(=O)c1ccc(Nc2nc3c(-c4cccc(C(F)(F)F)c4)cccn3n2)cc1. The third-order valence-electron chi connectivity index (χ3n) is 4.41. The molecule has 4 rings (SSSR count). The number of hydrogen-bond acceptors (Lipinski definition) is 4. The molecule has 4 aromatic rings. The lowest BCUT2D eigenvalue weighted by Crippen LogP contribution is -2.04. The van der Waals surface area contributed by atoms with Crippen molar-refractivity contribution in [1.29, 1.82) is 0 Å². The number of carbonyl (C=O) groups excluding carboxylic acids is 1. The number of carbonyl (C=O) groups is 1. The second-order valence-electron chi connectivity index (χ2n) is 6.46. The van der Waals surface area contributed by atoms with E-state index in [0.717, 1.165) is 12.1 Å². The summed E-state index contributed by atoms with van der Waals surface area (Å²) in [6.07, 6.45) is -2.75. The Morgan fingerprint density at radius 1 is 1.03 bits per heavy atom. The molecule has 0 fully saturated rings. The van der Waals surface area contributed by atoms with Crippen LogP contribution in [0.2, 0.25) is 0 Å². The molecule has 0 saturated carbocycles. The van der Waals surface area contributed by atoms with Crippen molar-refractivity contribution < 1.29 is 18.0 Å². The van der Waals surface area contributed by atoms with E-state index in [0.29, 0.717) is 34.0 Å². The first-order valence-corrected chi connectivity index (χ1v) is 8.72. The molecule has 0 saturated heterocycles. The first kappa shape index (κ1) is 18.7. The third-order valence-corrected chi connectivity index (χ3v) is 4.41. The predicted octanol–water partition coefficient (Wildman–Crippen LogP) is 5.36. The van der Waals surface area contributed by atoms with Crippen LogP contribution in [0, 0.1) is 0 Å². The summed E-state index contributed by atoms with van der Waals surface area (Å²) in [5.41, 5.74) is 1.91. The van der Waals surface area contributed by atoms with E-state index in [1.54, 1.807) is 48.7 Å². The van der Waals surface area contributed by atoms with Gasteiger partial charge in [0.25, 0.3) is 0 Å². The van der Waals surface area contributed by atoms with Crippen molar-refractivity contribution in [1.82, 2.24) is 14.6 Å². The van der Waals surface area contributed by atoms with Gasteiger partial charge < -0.3 is 5.32 Å². The van der Waals surface area contributed by atoms with Gasteiger partial charge in [-0.15, -0.1) is 5.10 Å². The smallest absolute Gasteiger partial charge is 0.323 e. The number of halogens is 3. The highest BCUT2D eigenvalue weighted by molar-refractivity contribution is 5.94. The molecule has 0 aliphatic rings. The molecule has 1 N–H and O–H groups in total. The van der Waals surface area contributed by atoms with Crippen molar-refractivity contribution >= 4 is 23.1 Å². The van der Waals surface area contributed by atoms with E-state index < -0.39 is 11.7 Å². The number of nitrogens with zero attached hydrogens (tertiary/aromatic N) is 3.